The van der Waals surface area contributed by atoms with Crippen LogP contribution in [0.1, 0.15) is 240 Å². The number of hydrogen-bond donors (Lipinski definition) is 0. The second kappa shape index (κ2) is 40.0. The van der Waals surface area contributed by atoms with Gasteiger partial charge in [0.2, 0.25) is 0 Å². The first kappa shape index (κ1) is 55.5. The first-order valence-corrected chi connectivity index (χ1v) is 24.5. The Bertz CT molecular complexity index is 1280. The molecule has 0 aliphatic carbocycles. The normalized spacial score (nSPS) is 11.7. The minimum Gasteiger partial charge on any atom is -0.744 e. The summed E-state index contributed by atoms with van der Waals surface area (Å²) >= 11 is 0. The van der Waals surface area contributed by atoms with E-state index in [1.165, 1.54) is 160 Å². The van der Waals surface area contributed by atoms with Crippen LogP contribution in [0.15, 0.2) is 47.4 Å². The van der Waals surface area contributed by atoms with E-state index in [1.807, 2.05) is 0 Å². The zero-order valence-corrected chi connectivity index (χ0v) is 39.7. The number of ether oxygens (including phenoxy) is 2. The van der Waals surface area contributed by atoms with E-state index in [-0.39, 0.29) is 53.9 Å². The van der Waals surface area contributed by atoms with Crippen molar-refractivity contribution in [3.05, 3.63) is 53.6 Å². The molecule has 1 aromatic carbocycles. The third-order valence-corrected chi connectivity index (χ3v) is 11.3. The fourth-order valence-electron chi connectivity index (χ4n) is 6.92. The molecule has 0 spiro atoms. The number of allylic oxidation sites excluding steroid dienone is 4. The van der Waals surface area contributed by atoms with Gasteiger partial charge in [0.05, 0.1) is 29.2 Å². The van der Waals surface area contributed by atoms with Gasteiger partial charge in [0.25, 0.3) is 0 Å². The van der Waals surface area contributed by atoms with Crippen LogP contribution in [0, 0.1) is 0 Å². The Morgan fingerprint density at radius 1 is 0.474 bits per heavy atom. The van der Waals surface area contributed by atoms with Gasteiger partial charge in [-0.1, -0.05) is 179 Å². The van der Waals surface area contributed by atoms with Gasteiger partial charge < -0.3 is 14.0 Å². The summed E-state index contributed by atoms with van der Waals surface area (Å²) in [7, 11) is -4.82. The number of carbonyl (C=O) groups excluding carboxylic acids is 2. The summed E-state index contributed by atoms with van der Waals surface area (Å²) in [5.74, 6) is -1.55. The van der Waals surface area contributed by atoms with Gasteiger partial charge in [-0.05, 0) is 82.4 Å². The molecule has 7 nitrogen and oxygen atoms in total. The Balaban J connectivity index is 0.0000314. The third kappa shape index (κ3) is 33.0. The number of rotatable bonds is 39. The second-order valence-corrected chi connectivity index (χ2v) is 17.1. The summed E-state index contributed by atoms with van der Waals surface area (Å²) in [6, 6.07) is 3.14. The van der Waals surface area contributed by atoms with Gasteiger partial charge in [0, 0.05) is 0 Å². The van der Waals surface area contributed by atoms with Crippen LogP contribution < -0.4 is 29.6 Å². The summed E-state index contributed by atoms with van der Waals surface area (Å²) in [5, 5.41) is 0. The molecule has 0 unspecified atom stereocenters. The van der Waals surface area contributed by atoms with Crippen molar-refractivity contribution in [3.63, 3.8) is 0 Å². The van der Waals surface area contributed by atoms with Crippen molar-refractivity contribution in [3.8, 4) is 0 Å². The predicted octanol–water partition coefficient (Wildman–Crippen LogP) is 11.5. The van der Waals surface area contributed by atoms with Crippen molar-refractivity contribution in [1.82, 2.24) is 0 Å². The van der Waals surface area contributed by atoms with Gasteiger partial charge in [-0.3, -0.25) is 0 Å². The van der Waals surface area contributed by atoms with Gasteiger partial charge >= 0.3 is 41.5 Å². The van der Waals surface area contributed by atoms with Crippen LogP contribution in [-0.2, 0) is 19.6 Å². The summed E-state index contributed by atoms with van der Waals surface area (Å²) in [6.45, 7) is 4.87. The monoisotopic (exact) mass is 825 g/mol. The molecule has 0 N–H and O–H groups in total. The summed E-state index contributed by atoms with van der Waals surface area (Å²) in [5.41, 5.74) is -0.342. The topological polar surface area (TPSA) is 110 Å². The standard InChI is InChI=1S/C48H82O7S.Na/c1-3-5-7-9-11-13-15-17-19-21-23-25-27-29-31-33-35-37-41-54-47(49)45-40-39-44(56(51,52)53)43-46(45)48(50)55-42-38-36-34-32-30-28-26-24-22-20-18-16-14-12-10-8-6-4-2;/h17-20,39-40,43H,3-16,21-38,41-42H2,1-2H3,(H,51,52,53);/q;+1/p-1/b19-17+,20-18+;. The van der Waals surface area contributed by atoms with Crippen molar-refractivity contribution in [1.29, 1.82) is 0 Å². The molecule has 0 amide bonds. The van der Waals surface area contributed by atoms with Gasteiger partial charge in [0.1, 0.15) is 10.1 Å². The molecule has 0 aliphatic rings. The van der Waals surface area contributed by atoms with Crippen LogP contribution in [-0.4, -0.2) is 38.1 Å². The molecule has 0 bridgehead atoms. The van der Waals surface area contributed by atoms with E-state index in [0.29, 0.717) is 12.8 Å². The van der Waals surface area contributed by atoms with Crippen LogP contribution in [0.3, 0.4) is 0 Å². The average Bonchev–Trinajstić information content (AvgIpc) is 3.18. The predicted molar refractivity (Wildman–Crippen MR) is 232 cm³/mol. The van der Waals surface area contributed by atoms with E-state index in [1.54, 1.807) is 0 Å². The maximum Gasteiger partial charge on any atom is 1.00 e. The van der Waals surface area contributed by atoms with Crippen LogP contribution in [0.25, 0.3) is 0 Å². The molecule has 0 aliphatic heterocycles. The number of unbranched alkanes of at least 4 members (excludes halogenated alkanes) is 28. The Labute approximate surface area is 372 Å². The van der Waals surface area contributed by atoms with Crippen LogP contribution in [0.5, 0.6) is 0 Å². The Morgan fingerprint density at radius 3 is 1.11 bits per heavy atom. The molecule has 322 valence electrons. The number of benzene rings is 1. The van der Waals surface area contributed by atoms with Crippen LogP contribution >= 0.6 is 0 Å². The van der Waals surface area contributed by atoms with E-state index in [9.17, 15) is 22.6 Å². The molecule has 9 heteroatoms. The maximum absolute atomic E-state index is 12.9. The van der Waals surface area contributed by atoms with Gasteiger partial charge in [-0.15, -0.1) is 0 Å². The van der Waals surface area contributed by atoms with Gasteiger partial charge in [-0.2, -0.15) is 0 Å². The smallest absolute Gasteiger partial charge is 0.744 e. The Hall–Kier alpha value is -1.45. The first-order chi connectivity index (χ1) is 27.3. The molecular formula is C48H81NaO7S. The molecule has 0 heterocycles. The maximum atomic E-state index is 12.9. The third-order valence-electron chi connectivity index (χ3n) is 10.5. The number of hydrogen-bond acceptors (Lipinski definition) is 7. The molecule has 0 atom stereocenters. The van der Waals surface area contributed by atoms with Crippen molar-refractivity contribution in [2.24, 2.45) is 0 Å². The first-order valence-electron chi connectivity index (χ1n) is 23.0. The molecule has 1 rings (SSSR count). The van der Waals surface area contributed by atoms with E-state index in [0.717, 1.165) is 50.7 Å². The van der Waals surface area contributed by atoms with Crippen molar-refractivity contribution in [2.75, 3.05) is 13.2 Å². The van der Waals surface area contributed by atoms with Crippen molar-refractivity contribution >= 4 is 22.1 Å². The van der Waals surface area contributed by atoms with E-state index in [2.05, 4.69) is 38.2 Å². The molecule has 0 radical (unpaired) electrons. The molecular weight excluding hydrogens is 744 g/mol. The molecule has 57 heavy (non-hydrogen) atoms. The largest absolute Gasteiger partial charge is 1.00 e. The molecule has 0 fully saturated rings. The Morgan fingerprint density at radius 2 is 0.772 bits per heavy atom. The molecule has 0 saturated heterocycles. The molecule has 0 saturated carbocycles. The second-order valence-electron chi connectivity index (χ2n) is 15.7. The number of esters is 2. The number of carbonyl (C=O) groups is 2. The van der Waals surface area contributed by atoms with Crippen LogP contribution in [0.2, 0.25) is 0 Å². The summed E-state index contributed by atoms with van der Waals surface area (Å²) < 4.78 is 45.8. The van der Waals surface area contributed by atoms with E-state index >= 15 is 0 Å². The SMILES string of the molecule is CCCCCCCC/C=C/CCCCCCCCCCOC(=O)c1ccc(S(=O)(=O)[O-])cc1C(=O)OCCCCCCCCCC/C=C/CCCCCCCC.[Na+]. The van der Waals surface area contributed by atoms with Gasteiger partial charge in [-0.25, -0.2) is 18.0 Å². The van der Waals surface area contributed by atoms with E-state index < -0.39 is 27.0 Å². The minimum absolute atomic E-state index is 0. The molecule has 1 aromatic rings. The minimum atomic E-state index is -4.82. The van der Waals surface area contributed by atoms with Crippen LogP contribution in [0.4, 0.5) is 0 Å². The van der Waals surface area contributed by atoms with Crippen molar-refractivity contribution < 1.29 is 61.6 Å². The summed E-state index contributed by atoms with van der Waals surface area (Å²) in [6.07, 6.45) is 47.9. The zero-order chi connectivity index (χ0) is 40.8. The van der Waals surface area contributed by atoms with Crippen molar-refractivity contribution in [2.45, 2.75) is 224 Å². The van der Waals surface area contributed by atoms with Gasteiger partial charge in [0.15, 0.2) is 0 Å². The zero-order valence-electron chi connectivity index (χ0n) is 36.8. The quantitative estimate of drug-likeness (QED) is 0.0214. The fourth-order valence-corrected chi connectivity index (χ4v) is 7.41. The summed E-state index contributed by atoms with van der Waals surface area (Å²) in [4.78, 5) is 25.3. The molecule has 0 aromatic heterocycles. The van der Waals surface area contributed by atoms with E-state index in [4.69, 9.17) is 9.47 Å². The average molecular weight is 825 g/mol. The fraction of sp³-hybridized carbons (Fsp3) is 0.750. The Kier molecular flexibility index (Phi) is 39.0.